The molecule has 1 aliphatic heterocycles. The Balaban J connectivity index is 2.15. The topological polar surface area (TPSA) is 15.3 Å². The fourth-order valence-electron chi connectivity index (χ4n) is 2.50. The van der Waals surface area contributed by atoms with Gasteiger partial charge in [0.1, 0.15) is 0 Å². The van der Waals surface area contributed by atoms with Crippen molar-refractivity contribution >= 4 is 0 Å². The highest BCUT2D eigenvalue weighted by Crippen LogP contribution is 2.16. The maximum Gasteiger partial charge on any atom is 0.00362 e. The summed E-state index contributed by atoms with van der Waals surface area (Å²) in [6, 6.07) is 0.669. The first kappa shape index (κ1) is 14.0. The van der Waals surface area contributed by atoms with E-state index < -0.39 is 0 Å². The summed E-state index contributed by atoms with van der Waals surface area (Å²) in [7, 11) is 0. The molecule has 0 aromatic rings. The molecule has 1 N–H and O–H groups in total. The first-order valence-corrected chi connectivity index (χ1v) is 7.07. The maximum absolute atomic E-state index is 3.61. The van der Waals surface area contributed by atoms with E-state index in [0.29, 0.717) is 6.04 Å². The lowest BCUT2D eigenvalue weighted by Gasteiger charge is -2.33. The number of rotatable bonds is 6. The van der Waals surface area contributed by atoms with Gasteiger partial charge in [0.25, 0.3) is 0 Å². The number of hydrogen-bond acceptors (Lipinski definition) is 2. The molecule has 0 aliphatic carbocycles. The molecule has 2 nitrogen and oxygen atoms in total. The van der Waals surface area contributed by atoms with E-state index in [-0.39, 0.29) is 0 Å². The van der Waals surface area contributed by atoms with Gasteiger partial charge in [0, 0.05) is 19.1 Å². The molecule has 1 unspecified atom stereocenters. The first-order chi connectivity index (χ1) is 7.61. The van der Waals surface area contributed by atoms with Crippen molar-refractivity contribution < 1.29 is 0 Å². The fraction of sp³-hybridized carbons (Fsp3) is 1.00. The third-order valence-electron chi connectivity index (χ3n) is 3.74. The van der Waals surface area contributed by atoms with Crippen LogP contribution < -0.4 is 5.32 Å². The number of likely N-dealkylation sites (tertiary alicyclic amines) is 1. The lowest BCUT2D eigenvalue weighted by atomic mass is 9.99. The zero-order valence-electron chi connectivity index (χ0n) is 11.6. The zero-order valence-corrected chi connectivity index (χ0v) is 11.6. The Morgan fingerprint density at radius 1 is 1.38 bits per heavy atom. The van der Waals surface area contributed by atoms with E-state index in [0.717, 1.165) is 11.8 Å². The lowest BCUT2D eigenvalue weighted by molar-refractivity contribution is 0.161. The van der Waals surface area contributed by atoms with Crippen LogP contribution in [0.15, 0.2) is 0 Å². The predicted octanol–water partition coefficient (Wildman–Crippen LogP) is 2.74. The van der Waals surface area contributed by atoms with Gasteiger partial charge in [-0.1, -0.05) is 20.8 Å². The summed E-state index contributed by atoms with van der Waals surface area (Å²) in [5.74, 6) is 1.68. The van der Waals surface area contributed by atoms with Crippen LogP contribution in [0.1, 0.15) is 47.0 Å². The molecule has 1 heterocycles. The van der Waals surface area contributed by atoms with Crippen molar-refractivity contribution in [2.75, 3.05) is 26.2 Å². The van der Waals surface area contributed by atoms with Crippen LogP contribution in [0, 0.1) is 11.8 Å². The molecule has 1 fully saturated rings. The SMILES string of the molecule is CC[C@@H](C)NCC(C)CN1CCC[C@H](C)C1. The molecule has 0 radical (unpaired) electrons. The van der Waals surface area contributed by atoms with Crippen molar-refractivity contribution in [3.05, 3.63) is 0 Å². The summed E-state index contributed by atoms with van der Waals surface area (Å²) in [6.45, 7) is 14.3. The van der Waals surface area contributed by atoms with Crippen LogP contribution in [0.4, 0.5) is 0 Å². The zero-order chi connectivity index (χ0) is 12.0. The molecule has 0 aromatic heterocycles. The quantitative estimate of drug-likeness (QED) is 0.749. The van der Waals surface area contributed by atoms with Gasteiger partial charge in [-0.15, -0.1) is 0 Å². The summed E-state index contributed by atoms with van der Waals surface area (Å²) >= 11 is 0. The number of nitrogens with one attached hydrogen (secondary N) is 1. The van der Waals surface area contributed by atoms with Crippen molar-refractivity contribution in [1.82, 2.24) is 10.2 Å². The molecule has 1 saturated heterocycles. The summed E-state index contributed by atoms with van der Waals surface area (Å²) < 4.78 is 0. The molecule has 0 amide bonds. The molecule has 0 bridgehead atoms. The largest absolute Gasteiger partial charge is 0.314 e. The molecule has 1 aliphatic rings. The summed E-state index contributed by atoms with van der Waals surface area (Å²) in [6.07, 6.45) is 4.05. The van der Waals surface area contributed by atoms with E-state index in [2.05, 4.69) is 37.9 Å². The highest BCUT2D eigenvalue weighted by Gasteiger charge is 2.17. The molecular formula is C14H30N2. The summed E-state index contributed by atoms with van der Waals surface area (Å²) in [4.78, 5) is 2.65. The van der Waals surface area contributed by atoms with Gasteiger partial charge in [0.2, 0.25) is 0 Å². The third-order valence-corrected chi connectivity index (χ3v) is 3.74. The van der Waals surface area contributed by atoms with Gasteiger partial charge in [-0.3, -0.25) is 0 Å². The van der Waals surface area contributed by atoms with Crippen molar-refractivity contribution in [1.29, 1.82) is 0 Å². The van der Waals surface area contributed by atoms with Gasteiger partial charge >= 0.3 is 0 Å². The average molecular weight is 226 g/mol. The van der Waals surface area contributed by atoms with Gasteiger partial charge in [0.15, 0.2) is 0 Å². The minimum absolute atomic E-state index is 0.669. The highest BCUT2D eigenvalue weighted by molar-refractivity contribution is 4.73. The Bertz CT molecular complexity index is 182. The van der Waals surface area contributed by atoms with Gasteiger partial charge in [-0.25, -0.2) is 0 Å². The lowest BCUT2D eigenvalue weighted by Crippen LogP contribution is -2.40. The van der Waals surface area contributed by atoms with E-state index in [1.165, 1.54) is 45.4 Å². The van der Waals surface area contributed by atoms with Gasteiger partial charge in [-0.05, 0) is 51.1 Å². The van der Waals surface area contributed by atoms with Crippen LogP contribution in [0.3, 0.4) is 0 Å². The van der Waals surface area contributed by atoms with Crippen molar-refractivity contribution in [3.8, 4) is 0 Å². The van der Waals surface area contributed by atoms with Crippen molar-refractivity contribution in [2.45, 2.75) is 53.0 Å². The Kier molecular flexibility index (Phi) is 6.37. The molecule has 0 spiro atoms. The number of hydrogen-bond donors (Lipinski definition) is 1. The molecular weight excluding hydrogens is 196 g/mol. The minimum atomic E-state index is 0.669. The molecule has 16 heavy (non-hydrogen) atoms. The normalized spacial score (nSPS) is 26.6. The van der Waals surface area contributed by atoms with Crippen LogP contribution in [0.5, 0.6) is 0 Å². The Labute approximate surface area is 102 Å². The first-order valence-electron chi connectivity index (χ1n) is 7.07. The van der Waals surface area contributed by atoms with E-state index in [1.807, 2.05) is 0 Å². The molecule has 1 rings (SSSR count). The van der Waals surface area contributed by atoms with Crippen LogP contribution >= 0.6 is 0 Å². The van der Waals surface area contributed by atoms with E-state index in [1.54, 1.807) is 0 Å². The monoisotopic (exact) mass is 226 g/mol. The molecule has 0 saturated carbocycles. The minimum Gasteiger partial charge on any atom is -0.314 e. The number of piperidine rings is 1. The Morgan fingerprint density at radius 2 is 2.12 bits per heavy atom. The predicted molar refractivity (Wildman–Crippen MR) is 71.8 cm³/mol. The van der Waals surface area contributed by atoms with E-state index in [9.17, 15) is 0 Å². The Hall–Kier alpha value is -0.0800. The van der Waals surface area contributed by atoms with Gasteiger partial charge in [0.05, 0.1) is 0 Å². The fourth-order valence-corrected chi connectivity index (χ4v) is 2.50. The van der Waals surface area contributed by atoms with Crippen molar-refractivity contribution in [2.24, 2.45) is 11.8 Å². The van der Waals surface area contributed by atoms with Gasteiger partial charge < -0.3 is 10.2 Å². The smallest absolute Gasteiger partial charge is 0.00362 e. The highest BCUT2D eigenvalue weighted by atomic mass is 15.1. The van der Waals surface area contributed by atoms with Crippen LogP contribution in [-0.2, 0) is 0 Å². The van der Waals surface area contributed by atoms with Crippen LogP contribution in [0.25, 0.3) is 0 Å². The molecule has 0 aromatic carbocycles. The second-order valence-electron chi connectivity index (χ2n) is 5.83. The van der Waals surface area contributed by atoms with E-state index >= 15 is 0 Å². The second-order valence-corrected chi connectivity index (χ2v) is 5.83. The van der Waals surface area contributed by atoms with Crippen LogP contribution in [0.2, 0.25) is 0 Å². The maximum atomic E-state index is 3.61. The summed E-state index contributed by atoms with van der Waals surface area (Å²) in [5.41, 5.74) is 0. The van der Waals surface area contributed by atoms with E-state index in [4.69, 9.17) is 0 Å². The molecule has 3 atom stereocenters. The summed E-state index contributed by atoms with van der Waals surface area (Å²) in [5, 5.41) is 3.61. The third kappa shape index (κ3) is 5.31. The Morgan fingerprint density at radius 3 is 2.75 bits per heavy atom. The average Bonchev–Trinajstić information content (AvgIpc) is 2.26. The van der Waals surface area contributed by atoms with Crippen molar-refractivity contribution in [3.63, 3.8) is 0 Å². The standard InChI is InChI=1S/C14H30N2/c1-5-14(4)15-9-13(3)11-16-8-6-7-12(2)10-16/h12-15H,5-11H2,1-4H3/t12-,13?,14+/m0/s1. The molecule has 2 heteroatoms. The van der Waals surface area contributed by atoms with Gasteiger partial charge in [-0.2, -0.15) is 0 Å². The molecule has 96 valence electrons. The number of nitrogens with zero attached hydrogens (tertiary/aromatic N) is 1. The second kappa shape index (κ2) is 7.29. The van der Waals surface area contributed by atoms with Crippen LogP contribution in [-0.4, -0.2) is 37.1 Å².